The highest BCUT2D eigenvalue weighted by Crippen LogP contribution is 2.16. The first kappa shape index (κ1) is 9.48. The number of halogens is 3. The Morgan fingerprint density at radius 2 is 2.00 bits per heavy atom. The number of hydrogen-bond acceptors (Lipinski definition) is 2. The Balaban J connectivity index is 3.46. The molecule has 0 radical (unpaired) electrons. The zero-order chi connectivity index (χ0) is 8.20. The van der Waals surface area contributed by atoms with Gasteiger partial charge in [-0.1, -0.05) is 0 Å². The van der Waals surface area contributed by atoms with Gasteiger partial charge < -0.3 is 4.74 Å². The molecule has 10 heavy (non-hydrogen) atoms. The first-order chi connectivity index (χ1) is 4.45. The van der Waals surface area contributed by atoms with Gasteiger partial charge in [0, 0.05) is 6.04 Å². The quantitative estimate of drug-likeness (QED) is 0.365. The van der Waals surface area contributed by atoms with Crippen LogP contribution in [0, 0.1) is 0 Å². The van der Waals surface area contributed by atoms with E-state index in [-0.39, 0.29) is 0 Å². The Kier molecular flexibility index (Phi) is 3.41. The summed E-state index contributed by atoms with van der Waals surface area (Å²) in [5.41, 5.74) is 0. The monoisotopic (exact) mass is 172 g/mol. The molecule has 0 N–H and O–H groups in total. The average Bonchev–Trinajstić information content (AvgIpc) is 1.81. The van der Waals surface area contributed by atoms with Crippen molar-refractivity contribution in [3.05, 3.63) is 0 Å². The van der Waals surface area contributed by atoms with Gasteiger partial charge >= 0.3 is 15.0 Å². The molecule has 0 aromatic rings. The molecule has 0 atom stereocenters. The van der Waals surface area contributed by atoms with E-state index in [0.717, 1.165) is 7.11 Å². The molecule has 0 unspecified atom stereocenters. The molecule has 0 bridgehead atoms. The third kappa shape index (κ3) is 5.61. The summed E-state index contributed by atoms with van der Waals surface area (Å²) in [6.45, 7) is 0. The summed E-state index contributed by atoms with van der Waals surface area (Å²) in [5.74, 6) is -0.801. The van der Waals surface area contributed by atoms with Crippen molar-refractivity contribution in [2.24, 2.45) is 0 Å². The molecule has 0 saturated heterocycles. The van der Waals surface area contributed by atoms with E-state index in [4.69, 9.17) is 0 Å². The number of methoxy groups -OCH3 is 1. The molecule has 0 saturated carbocycles. The van der Waals surface area contributed by atoms with Crippen molar-refractivity contribution in [1.82, 2.24) is 0 Å². The first-order valence-corrected chi connectivity index (χ1v) is 4.43. The summed E-state index contributed by atoms with van der Waals surface area (Å²) in [6.07, 6.45) is -0.535. The van der Waals surface area contributed by atoms with Crippen molar-refractivity contribution >= 4 is 15.0 Å². The lowest BCUT2D eigenvalue weighted by Crippen LogP contribution is -2.16. The van der Waals surface area contributed by atoms with E-state index in [1.165, 1.54) is 0 Å². The highest BCUT2D eigenvalue weighted by Gasteiger charge is 2.36. The molecule has 0 heterocycles. The third-order valence-corrected chi connectivity index (χ3v) is 1.66. The summed E-state index contributed by atoms with van der Waals surface area (Å²) in [5, 5.41) is 0. The lowest BCUT2D eigenvalue weighted by atomic mass is 10.5. The molecule has 0 aromatic heterocycles. The van der Waals surface area contributed by atoms with Crippen LogP contribution in [-0.2, 0) is 9.53 Å². The highest BCUT2D eigenvalue weighted by atomic mass is 28.5. The largest absolute Gasteiger partial charge is 0.616 e. The van der Waals surface area contributed by atoms with Crippen molar-refractivity contribution in [3.63, 3.8) is 0 Å². The van der Waals surface area contributed by atoms with Crippen LogP contribution in [0.4, 0.5) is 12.3 Å². The van der Waals surface area contributed by atoms with Crippen LogP contribution in [0.1, 0.15) is 6.42 Å². The number of hydrogen-bond donors (Lipinski definition) is 0. The van der Waals surface area contributed by atoms with Gasteiger partial charge in [0.1, 0.15) is 0 Å². The fraction of sp³-hybridized carbons (Fsp3) is 0.750. The number of esters is 1. The summed E-state index contributed by atoms with van der Waals surface area (Å²) >= 11 is 0. The zero-order valence-electron chi connectivity index (χ0n) is 5.36. The van der Waals surface area contributed by atoms with Crippen LogP contribution in [0.3, 0.4) is 0 Å². The van der Waals surface area contributed by atoms with E-state index < -0.39 is 27.5 Å². The standard InChI is InChI=1S/C4H7F3O2Si/c1-9-4(8)2-3-10(5,6)7/h2-3H2,1H3. The molecule has 0 aliphatic rings. The molecular weight excluding hydrogens is 165 g/mol. The molecule has 2 nitrogen and oxygen atoms in total. The Bertz CT molecular complexity index is 122. The van der Waals surface area contributed by atoms with Gasteiger partial charge in [0.05, 0.1) is 13.5 Å². The number of ether oxygens (including phenoxy) is 1. The molecule has 0 fully saturated rings. The maximum atomic E-state index is 11.5. The number of carbonyl (C=O) groups is 1. The van der Waals surface area contributed by atoms with Crippen LogP contribution in [0.5, 0.6) is 0 Å². The second-order valence-electron chi connectivity index (χ2n) is 1.69. The molecule has 0 rings (SSSR count). The Labute approximate surface area is 57.5 Å². The molecule has 0 spiro atoms. The molecule has 0 aliphatic heterocycles. The van der Waals surface area contributed by atoms with Crippen molar-refractivity contribution < 1.29 is 21.9 Å². The Hall–Kier alpha value is -0.523. The summed E-state index contributed by atoms with van der Waals surface area (Å²) in [7, 11) is -4.47. The summed E-state index contributed by atoms with van der Waals surface area (Å²) in [6, 6.07) is -0.973. The fourth-order valence-electron chi connectivity index (χ4n) is 0.346. The summed E-state index contributed by atoms with van der Waals surface area (Å²) < 4.78 is 38.5. The average molecular weight is 172 g/mol. The highest BCUT2D eigenvalue weighted by molar-refractivity contribution is 6.58. The van der Waals surface area contributed by atoms with E-state index in [9.17, 15) is 17.1 Å². The predicted octanol–water partition coefficient (Wildman–Crippen LogP) is 1.40. The van der Waals surface area contributed by atoms with Crippen LogP contribution in [-0.4, -0.2) is 22.2 Å². The van der Waals surface area contributed by atoms with Crippen molar-refractivity contribution in [2.75, 3.05) is 7.11 Å². The molecule has 0 amide bonds. The minimum absolute atomic E-state index is 0.535. The second kappa shape index (κ2) is 3.60. The number of rotatable bonds is 3. The minimum atomic E-state index is -5.54. The van der Waals surface area contributed by atoms with Gasteiger partial charge in [-0.25, -0.2) is 12.3 Å². The van der Waals surface area contributed by atoms with E-state index >= 15 is 0 Å². The van der Waals surface area contributed by atoms with Crippen molar-refractivity contribution in [1.29, 1.82) is 0 Å². The molecule has 60 valence electrons. The fourth-order valence-corrected chi connectivity index (χ4v) is 0.833. The molecule has 6 heteroatoms. The molecule has 0 aliphatic carbocycles. The lowest BCUT2D eigenvalue weighted by molar-refractivity contribution is -0.140. The number of carbonyl (C=O) groups excluding carboxylic acids is 1. The minimum Gasteiger partial charge on any atom is -0.469 e. The van der Waals surface area contributed by atoms with E-state index in [1.807, 2.05) is 0 Å². The van der Waals surface area contributed by atoms with Gasteiger partial charge in [0.2, 0.25) is 0 Å². The third-order valence-electron chi connectivity index (χ3n) is 0.840. The summed E-state index contributed by atoms with van der Waals surface area (Å²) in [4.78, 5) is 10.2. The van der Waals surface area contributed by atoms with E-state index in [2.05, 4.69) is 4.74 Å². The van der Waals surface area contributed by atoms with Crippen LogP contribution in [0.25, 0.3) is 0 Å². The Morgan fingerprint density at radius 1 is 1.50 bits per heavy atom. The van der Waals surface area contributed by atoms with Gasteiger partial charge in [-0.2, -0.15) is 0 Å². The van der Waals surface area contributed by atoms with Crippen LogP contribution < -0.4 is 0 Å². The SMILES string of the molecule is COC(=O)CC[Si](F)(F)F. The second-order valence-corrected chi connectivity index (χ2v) is 3.42. The molecular formula is C4H7F3O2Si. The van der Waals surface area contributed by atoms with E-state index in [1.54, 1.807) is 0 Å². The normalized spacial score (nSPS) is 11.2. The maximum Gasteiger partial charge on any atom is 0.616 e. The smallest absolute Gasteiger partial charge is 0.469 e. The van der Waals surface area contributed by atoms with Crippen LogP contribution in [0.15, 0.2) is 0 Å². The maximum absolute atomic E-state index is 11.5. The van der Waals surface area contributed by atoms with Crippen molar-refractivity contribution in [2.45, 2.75) is 12.5 Å². The van der Waals surface area contributed by atoms with Gasteiger partial charge in [-0.3, -0.25) is 4.79 Å². The van der Waals surface area contributed by atoms with Crippen LogP contribution >= 0.6 is 0 Å². The predicted molar refractivity (Wildman–Crippen MR) is 30.5 cm³/mol. The lowest BCUT2D eigenvalue weighted by Gasteiger charge is -1.99. The topological polar surface area (TPSA) is 26.3 Å². The Morgan fingerprint density at radius 3 is 2.30 bits per heavy atom. The molecule has 0 aromatic carbocycles. The first-order valence-electron chi connectivity index (χ1n) is 2.59. The van der Waals surface area contributed by atoms with Gasteiger partial charge in [-0.15, -0.1) is 0 Å². The van der Waals surface area contributed by atoms with Gasteiger partial charge in [-0.05, 0) is 0 Å². The van der Waals surface area contributed by atoms with Gasteiger partial charge in [0.15, 0.2) is 0 Å². The van der Waals surface area contributed by atoms with E-state index in [0.29, 0.717) is 0 Å². The van der Waals surface area contributed by atoms with Crippen LogP contribution in [0.2, 0.25) is 6.04 Å². The van der Waals surface area contributed by atoms with Gasteiger partial charge in [0.25, 0.3) is 0 Å². The van der Waals surface area contributed by atoms with Crippen molar-refractivity contribution in [3.8, 4) is 0 Å². The zero-order valence-corrected chi connectivity index (χ0v) is 6.36.